The summed E-state index contributed by atoms with van der Waals surface area (Å²) in [6, 6.07) is -0.397. The van der Waals surface area contributed by atoms with Crippen LogP contribution in [0.15, 0.2) is 0 Å². The van der Waals surface area contributed by atoms with Crippen LogP contribution in [0, 0.1) is 0 Å². The van der Waals surface area contributed by atoms with Crippen LogP contribution in [0.3, 0.4) is 0 Å². The molecule has 18 heavy (non-hydrogen) atoms. The molecule has 1 aliphatic carbocycles. The van der Waals surface area contributed by atoms with Crippen molar-refractivity contribution in [2.45, 2.75) is 44.1 Å². The van der Waals surface area contributed by atoms with E-state index < -0.39 is 11.6 Å². The van der Waals surface area contributed by atoms with Crippen LogP contribution < -0.4 is 16.6 Å². The molecule has 2 fully saturated rings. The summed E-state index contributed by atoms with van der Waals surface area (Å²) in [5.41, 5.74) is 1.27. The second-order valence-corrected chi connectivity index (χ2v) is 4.85. The van der Waals surface area contributed by atoms with Crippen molar-refractivity contribution in [2.75, 3.05) is 6.54 Å². The molecule has 1 heterocycles. The maximum atomic E-state index is 12.3. The molecule has 0 aromatic heterocycles. The molecule has 0 aromatic carbocycles. The molecule has 1 spiro atoms. The third-order valence-corrected chi connectivity index (χ3v) is 3.68. The number of nitrogens with two attached hydrogens (primary N) is 1. The summed E-state index contributed by atoms with van der Waals surface area (Å²) in [5.74, 6) is 4.37. The summed E-state index contributed by atoms with van der Waals surface area (Å²) in [7, 11) is 0. The highest BCUT2D eigenvalue weighted by Gasteiger charge is 2.50. The molecule has 2 rings (SSSR count). The molecule has 4 amide bonds. The van der Waals surface area contributed by atoms with Gasteiger partial charge in [0.05, 0.1) is 0 Å². The first kappa shape index (κ1) is 12.8. The lowest BCUT2D eigenvalue weighted by atomic mass is 9.82. The summed E-state index contributed by atoms with van der Waals surface area (Å²) in [5, 5.41) is 2.79. The highest BCUT2D eigenvalue weighted by molar-refractivity contribution is 6.07. The minimum Gasteiger partial charge on any atom is -0.323 e. The van der Waals surface area contributed by atoms with Crippen molar-refractivity contribution < 1.29 is 14.4 Å². The van der Waals surface area contributed by atoms with Gasteiger partial charge < -0.3 is 5.32 Å². The predicted octanol–water partition coefficient (Wildman–Crippen LogP) is -0.379. The fourth-order valence-electron chi connectivity index (χ4n) is 2.66. The number of carbonyl (C=O) groups is 3. The molecular formula is C11H18N4O3. The number of nitrogens with one attached hydrogen (secondary N) is 2. The minimum absolute atomic E-state index is 0.0335. The Labute approximate surface area is 105 Å². The molecule has 0 bridgehead atoms. The summed E-state index contributed by atoms with van der Waals surface area (Å²) in [4.78, 5) is 36.2. The van der Waals surface area contributed by atoms with Crippen LogP contribution in [0.25, 0.3) is 0 Å². The van der Waals surface area contributed by atoms with Crippen LogP contribution in [0.5, 0.6) is 0 Å². The van der Waals surface area contributed by atoms with Gasteiger partial charge in [-0.25, -0.2) is 10.6 Å². The van der Waals surface area contributed by atoms with E-state index >= 15 is 0 Å². The third kappa shape index (κ3) is 2.17. The molecule has 1 saturated carbocycles. The van der Waals surface area contributed by atoms with Gasteiger partial charge in [-0.2, -0.15) is 0 Å². The smallest absolute Gasteiger partial charge is 0.323 e. The van der Waals surface area contributed by atoms with E-state index in [1.54, 1.807) is 0 Å². The number of nitrogens with zero attached hydrogens (tertiary/aromatic N) is 1. The molecule has 0 atom stereocenters. The number of imide groups is 1. The largest absolute Gasteiger partial charge is 0.325 e. The Morgan fingerprint density at radius 2 is 2.00 bits per heavy atom. The van der Waals surface area contributed by atoms with Gasteiger partial charge in [-0.05, 0) is 12.8 Å². The zero-order valence-electron chi connectivity index (χ0n) is 10.2. The molecule has 1 aliphatic heterocycles. The first-order valence-corrected chi connectivity index (χ1v) is 6.23. The normalized spacial score (nSPS) is 22.2. The van der Waals surface area contributed by atoms with E-state index in [0.717, 1.165) is 24.2 Å². The fraction of sp³-hybridized carbons (Fsp3) is 0.727. The Hall–Kier alpha value is -1.63. The van der Waals surface area contributed by atoms with Gasteiger partial charge in [-0.3, -0.25) is 19.9 Å². The van der Waals surface area contributed by atoms with E-state index in [-0.39, 0.29) is 24.8 Å². The first-order chi connectivity index (χ1) is 8.59. The van der Waals surface area contributed by atoms with Gasteiger partial charge in [0.2, 0.25) is 5.91 Å². The summed E-state index contributed by atoms with van der Waals surface area (Å²) < 4.78 is 0. The molecule has 7 nitrogen and oxygen atoms in total. The molecule has 0 radical (unpaired) electrons. The van der Waals surface area contributed by atoms with Crippen LogP contribution >= 0.6 is 0 Å². The highest BCUT2D eigenvalue weighted by Crippen LogP contribution is 2.33. The lowest BCUT2D eigenvalue weighted by molar-refractivity contribution is -0.132. The van der Waals surface area contributed by atoms with E-state index in [9.17, 15) is 14.4 Å². The Balaban J connectivity index is 2.02. The van der Waals surface area contributed by atoms with Crippen molar-refractivity contribution in [1.29, 1.82) is 0 Å². The molecule has 7 heteroatoms. The number of hydrogen-bond donors (Lipinski definition) is 3. The van der Waals surface area contributed by atoms with Gasteiger partial charge in [-0.1, -0.05) is 19.3 Å². The lowest BCUT2D eigenvalue weighted by Crippen LogP contribution is -2.48. The zero-order valence-corrected chi connectivity index (χ0v) is 10.2. The summed E-state index contributed by atoms with van der Waals surface area (Å²) in [6.07, 6.45) is 4.41. The van der Waals surface area contributed by atoms with E-state index in [4.69, 9.17) is 5.84 Å². The number of carbonyl (C=O) groups excluding carboxylic acids is 3. The molecule has 100 valence electrons. The topological polar surface area (TPSA) is 105 Å². The van der Waals surface area contributed by atoms with Gasteiger partial charge in [0.1, 0.15) is 5.54 Å². The van der Waals surface area contributed by atoms with Crippen LogP contribution in [-0.2, 0) is 9.59 Å². The SMILES string of the molecule is NNC(=O)CCN1C(=O)NC2(CCCCC2)C1=O. The molecular weight excluding hydrogens is 236 g/mol. The number of amides is 4. The van der Waals surface area contributed by atoms with Crippen molar-refractivity contribution in [1.82, 2.24) is 15.6 Å². The molecule has 1 saturated heterocycles. The Morgan fingerprint density at radius 3 is 2.61 bits per heavy atom. The standard InChI is InChI=1S/C11H18N4O3/c12-14-8(16)4-7-15-9(17)11(13-10(15)18)5-2-1-3-6-11/h1-7,12H2,(H,13,18)(H,14,16). The highest BCUT2D eigenvalue weighted by atomic mass is 16.2. The van der Waals surface area contributed by atoms with Crippen molar-refractivity contribution in [3.8, 4) is 0 Å². The maximum Gasteiger partial charge on any atom is 0.325 e. The summed E-state index contributed by atoms with van der Waals surface area (Å²) in [6.45, 7) is 0.0788. The van der Waals surface area contributed by atoms with Gasteiger partial charge in [-0.15, -0.1) is 0 Å². The van der Waals surface area contributed by atoms with Crippen LogP contribution in [-0.4, -0.2) is 34.8 Å². The van der Waals surface area contributed by atoms with E-state index in [1.807, 2.05) is 5.43 Å². The molecule has 2 aliphatic rings. The molecule has 0 aromatic rings. The van der Waals surface area contributed by atoms with Gasteiger partial charge >= 0.3 is 6.03 Å². The Kier molecular flexibility index (Phi) is 3.51. The second-order valence-electron chi connectivity index (χ2n) is 4.85. The minimum atomic E-state index is -0.714. The van der Waals surface area contributed by atoms with Crippen LogP contribution in [0.1, 0.15) is 38.5 Å². The zero-order chi connectivity index (χ0) is 13.2. The average Bonchev–Trinajstić information content (AvgIpc) is 2.60. The van der Waals surface area contributed by atoms with E-state index in [1.165, 1.54) is 0 Å². The Morgan fingerprint density at radius 1 is 1.33 bits per heavy atom. The average molecular weight is 254 g/mol. The van der Waals surface area contributed by atoms with Gasteiger partial charge in [0.15, 0.2) is 0 Å². The van der Waals surface area contributed by atoms with Crippen molar-refractivity contribution in [3.05, 3.63) is 0 Å². The predicted molar refractivity (Wildman–Crippen MR) is 63.0 cm³/mol. The number of hydrazine groups is 1. The lowest BCUT2D eigenvalue weighted by Gasteiger charge is -2.30. The fourth-order valence-corrected chi connectivity index (χ4v) is 2.66. The Bertz CT molecular complexity index is 376. The second kappa shape index (κ2) is 4.93. The van der Waals surface area contributed by atoms with Crippen LogP contribution in [0.2, 0.25) is 0 Å². The van der Waals surface area contributed by atoms with Crippen LogP contribution in [0.4, 0.5) is 4.79 Å². The maximum absolute atomic E-state index is 12.3. The quantitative estimate of drug-likeness (QED) is 0.276. The molecule has 4 N–H and O–H groups in total. The first-order valence-electron chi connectivity index (χ1n) is 6.23. The summed E-state index contributed by atoms with van der Waals surface area (Å²) >= 11 is 0. The van der Waals surface area contributed by atoms with Crippen molar-refractivity contribution in [2.24, 2.45) is 5.84 Å². The monoisotopic (exact) mass is 254 g/mol. The van der Waals surface area contributed by atoms with Gasteiger partial charge in [0, 0.05) is 13.0 Å². The number of hydrogen-bond acceptors (Lipinski definition) is 4. The van der Waals surface area contributed by atoms with E-state index in [0.29, 0.717) is 12.8 Å². The van der Waals surface area contributed by atoms with Crippen molar-refractivity contribution in [3.63, 3.8) is 0 Å². The number of rotatable bonds is 3. The van der Waals surface area contributed by atoms with Crippen molar-refractivity contribution >= 4 is 17.8 Å². The molecule has 0 unspecified atom stereocenters. The third-order valence-electron chi connectivity index (χ3n) is 3.68. The van der Waals surface area contributed by atoms with Gasteiger partial charge in [0.25, 0.3) is 5.91 Å². The van der Waals surface area contributed by atoms with E-state index in [2.05, 4.69) is 5.32 Å². The number of urea groups is 1.